The zero-order valence-corrected chi connectivity index (χ0v) is 18.8. The van der Waals surface area contributed by atoms with Crippen molar-refractivity contribution in [1.29, 1.82) is 0 Å². The third-order valence-electron chi connectivity index (χ3n) is 5.15. The number of nitrogens with one attached hydrogen (secondary N) is 1. The van der Waals surface area contributed by atoms with Gasteiger partial charge in [-0.3, -0.25) is 18.9 Å². The van der Waals surface area contributed by atoms with E-state index in [0.717, 1.165) is 22.4 Å². The van der Waals surface area contributed by atoms with Crippen LogP contribution < -0.4 is 10.1 Å². The van der Waals surface area contributed by atoms with Gasteiger partial charge >= 0.3 is 8.60 Å². The van der Waals surface area contributed by atoms with Crippen LogP contribution in [0.4, 0.5) is 0 Å². The molecule has 2 aromatic rings. The molecule has 3 unspecified atom stereocenters. The van der Waals surface area contributed by atoms with Gasteiger partial charge in [0, 0.05) is 17.2 Å². The number of nitrogens with zero attached hydrogens (tertiary/aromatic N) is 1. The molecule has 0 bridgehead atoms. The molecule has 31 heavy (non-hydrogen) atoms. The highest BCUT2D eigenvalue weighted by Crippen LogP contribution is 2.51. The molecule has 11 heteroatoms. The maximum absolute atomic E-state index is 11.8. The first-order chi connectivity index (χ1) is 14.7. The topological polar surface area (TPSA) is 74.7 Å². The summed E-state index contributed by atoms with van der Waals surface area (Å²) in [5, 5.41) is -1.66. The van der Waals surface area contributed by atoms with Crippen molar-refractivity contribution in [3.05, 3.63) is 55.7 Å². The lowest BCUT2D eigenvalue weighted by Crippen LogP contribution is -2.45. The van der Waals surface area contributed by atoms with Gasteiger partial charge in [0.15, 0.2) is 4.77 Å². The van der Waals surface area contributed by atoms with E-state index >= 15 is 0 Å². The standard InChI is InChI=1S/C20H19B2N2O5PS/c1-4-13-9-24(19(31)23-18(13)25)16-6-5-15(27-16)20(21,22)29-30-26-10-14-8-11(2)7-12(3)17(14)28-30/h1,7-9,15-16H,5-6,10H2,2-3H3,(H,23,25,31). The fraction of sp³-hybridized carbons (Fsp3) is 0.400. The van der Waals surface area contributed by atoms with E-state index in [1.165, 1.54) is 6.20 Å². The van der Waals surface area contributed by atoms with Crippen LogP contribution >= 0.6 is 20.8 Å². The molecule has 1 fully saturated rings. The van der Waals surface area contributed by atoms with Gasteiger partial charge in [0.1, 0.15) is 33.2 Å². The lowest BCUT2D eigenvalue weighted by Gasteiger charge is -2.36. The number of hydrogen-bond donors (Lipinski definition) is 1. The molecule has 2 aliphatic rings. The van der Waals surface area contributed by atoms with Gasteiger partial charge in [-0.25, -0.2) is 0 Å². The number of aromatic nitrogens is 2. The van der Waals surface area contributed by atoms with Gasteiger partial charge in [-0.05, 0) is 44.5 Å². The summed E-state index contributed by atoms with van der Waals surface area (Å²) in [6, 6.07) is 4.04. The van der Waals surface area contributed by atoms with Gasteiger partial charge in [0.05, 0.1) is 12.7 Å². The molecule has 0 aliphatic carbocycles. The fourth-order valence-electron chi connectivity index (χ4n) is 3.69. The average Bonchev–Trinajstić information content (AvgIpc) is 3.19. The van der Waals surface area contributed by atoms with Crippen molar-refractivity contribution in [3.63, 3.8) is 0 Å². The van der Waals surface area contributed by atoms with Crippen molar-refractivity contribution in [2.45, 2.75) is 51.0 Å². The van der Waals surface area contributed by atoms with Gasteiger partial charge in [-0.1, -0.05) is 23.6 Å². The molecule has 2 aliphatic heterocycles. The highest BCUT2D eigenvalue weighted by molar-refractivity contribution is 7.71. The molecule has 3 atom stereocenters. The molecule has 0 amide bonds. The summed E-state index contributed by atoms with van der Waals surface area (Å²) in [6.07, 6.45) is 6.77. The van der Waals surface area contributed by atoms with Gasteiger partial charge in [0.2, 0.25) is 0 Å². The van der Waals surface area contributed by atoms with Crippen LogP contribution in [0, 0.1) is 31.0 Å². The second-order valence-corrected chi connectivity index (χ2v) is 9.07. The quantitative estimate of drug-likeness (QED) is 0.333. The largest absolute Gasteiger partial charge is 0.426 e. The minimum Gasteiger partial charge on any atom is -0.426 e. The van der Waals surface area contributed by atoms with Crippen LogP contribution in [0.15, 0.2) is 23.1 Å². The van der Waals surface area contributed by atoms with Gasteiger partial charge in [-0.15, -0.1) is 6.42 Å². The van der Waals surface area contributed by atoms with E-state index in [9.17, 15) is 4.79 Å². The molecule has 1 N–H and O–H groups in total. The van der Waals surface area contributed by atoms with Crippen LogP contribution in [0.2, 0.25) is 0 Å². The van der Waals surface area contributed by atoms with Gasteiger partial charge < -0.3 is 13.8 Å². The smallest absolute Gasteiger partial charge is 0.396 e. The Kier molecular flexibility index (Phi) is 6.17. The first kappa shape index (κ1) is 22.3. The second kappa shape index (κ2) is 8.57. The molecule has 1 aromatic heterocycles. The number of benzene rings is 1. The van der Waals surface area contributed by atoms with E-state index in [4.69, 9.17) is 52.6 Å². The van der Waals surface area contributed by atoms with Crippen molar-refractivity contribution in [3.8, 4) is 18.1 Å². The van der Waals surface area contributed by atoms with Crippen LogP contribution in [0.1, 0.15) is 41.3 Å². The van der Waals surface area contributed by atoms with Crippen LogP contribution in [0.3, 0.4) is 0 Å². The van der Waals surface area contributed by atoms with E-state index in [1.54, 1.807) is 4.57 Å². The van der Waals surface area contributed by atoms with E-state index in [0.29, 0.717) is 19.4 Å². The molecule has 4 rings (SSSR count). The van der Waals surface area contributed by atoms with E-state index < -0.39 is 31.9 Å². The lowest BCUT2D eigenvalue weighted by atomic mass is 9.61. The lowest BCUT2D eigenvalue weighted by molar-refractivity contribution is -0.0462. The molecule has 4 radical (unpaired) electrons. The number of aromatic amines is 1. The highest BCUT2D eigenvalue weighted by Gasteiger charge is 2.41. The number of terminal acetylenes is 1. The number of rotatable bonds is 4. The highest BCUT2D eigenvalue weighted by atomic mass is 32.1. The Morgan fingerprint density at radius 3 is 2.90 bits per heavy atom. The van der Waals surface area contributed by atoms with E-state index in [-0.39, 0.29) is 10.3 Å². The number of fused-ring (bicyclic) bond motifs is 1. The van der Waals surface area contributed by atoms with Crippen LogP contribution in [0.25, 0.3) is 0 Å². The Bertz CT molecular complexity index is 1180. The minimum absolute atomic E-state index is 0.153. The molecule has 1 aromatic carbocycles. The molecule has 0 saturated carbocycles. The Balaban J connectivity index is 1.46. The monoisotopic (exact) mass is 452 g/mol. The Labute approximate surface area is 189 Å². The predicted molar refractivity (Wildman–Crippen MR) is 121 cm³/mol. The van der Waals surface area contributed by atoms with Crippen molar-refractivity contribution < 1.29 is 18.3 Å². The Hall–Kier alpha value is -1.88. The molecule has 7 nitrogen and oxygen atoms in total. The predicted octanol–water partition coefficient (Wildman–Crippen LogP) is 3.03. The van der Waals surface area contributed by atoms with Crippen LogP contribution in [-0.4, -0.2) is 36.7 Å². The van der Waals surface area contributed by atoms with Gasteiger partial charge in [-0.2, -0.15) is 0 Å². The van der Waals surface area contributed by atoms with Crippen LogP contribution in [0.5, 0.6) is 5.75 Å². The third-order valence-corrected chi connectivity index (χ3v) is 6.60. The summed E-state index contributed by atoms with van der Waals surface area (Å²) < 4.78 is 25.2. The molecule has 156 valence electrons. The Morgan fingerprint density at radius 1 is 1.39 bits per heavy atom. The average molecular weight is 452 g/mol. The summed E-state index contributed by atoms with van der Waals surface area (Å²) in [5.74, 6) is 3.05. The van der Waals surface area contributed by atoms with E-state index in [1.807, 2.05) is 26.0 Å². The summed E-state index contributed by atoms with van der Waals surface area (Å²) in [6.45, 7) is 4.32. The van der Waals surface area contributed by atoms with Crippen molar-refractivity contribution in [2.75, 3.05) is 0 Å². The summed E-state index contributed by atoms with van der Waals surface area (Å²) in [4.78, 5) is 14.4. The van der Waals surface area contributed by atoms with Crippen LogP contribution in [-0.2, 0) is 20.4 Å². The molecule has 1 saturated heterocycles. The first-order valence-corrected chi connectivity index (χ1v) is 11.1. The molecular weight excluding hydrogens is 433 g/mol. The first-order valence-electron chi connectivity index (χ1n) is 9.63. The number of H-pyrrole nitrogens is 1. The summed E-state index contributed by atoms with van der Waals surface area (Å²) in [5.41, 5.74) is 2.80. The SMILES string of the molecule is [B]C([B])(OP1OCc2cc(C)cc(C)c2O1)C1CCC(n2cc(C#C)c(=O)[nH]c2=S)O1. The van der Waals surface area contributed by atoms with Gasteiger partial charge in [0.25, 0.3) is 5.56 Å². The van der Waals surface area contributed by atoms with Crippen molar-refractivity contribution in [2.24, 2.45) is 0 Å². The molecule has 3 heterocycles. The number of ether oxygens (including phenoxy) is 1. The number of aryl methyl sites for hydroxylation is 2. The maximum Gasteiger partial charge on any atom is 0.396 e. The third kappa shape index (κ3) is 4.52. The molecule has 0 spiro atoms. The Morgan fingerprint density at radius 2 is 2.16 bits per heavy atom. The summed E-state index contributed by atoms with van der Waals surface area (Å²) in [7, 11) is 10.7. The van der Waals surface area contributed by atoms with E-state index in [2.05, 4.69) is 10.9 Å². The zero-order chi connectivity index (χ0) is 22.3. The second-order valence-electron chi connectivity index (χ2n) is 7.61. The zero-order valence-electron chi connectivity index (χ0n) is 17.1. The van der Waals surface area contributed by atoms with Crippen molar-refractivity contribution in [1.82, 2.24) is 9.55 Å². The molecular formula is C20H19B2N2O5PS. The summed E-state index contributed by atoms with van der Waals surface area (Å²) >= 11 is 5.23. The normalized spacial score (nSPS) is 23.1. The maximum atomic E-state index is 11.8. The van der Waals surface area contributed by atoms with Crippen molar-refractivity contribution >= 4 is 36.5 Å². The minimum atomic E-state index is -1.81. The fourth-order valence-corrected chi connectivity index (χ4v) is 5.13. The number of hydrogen-bond acceptors (Lipinski definition) is 6.